The molecule has 0 radical (unpaired) electrons. The summed E-state index contributed by atoms with van der Waals surface area (Å²) in [6, 6.07) is 1.94. The predicted molar refractivity (Wildman–Crippen MR) is 87.5 cm³/mol. The number of carboxylic acids is 1. The lowest BCUT2D eigenvalue weighted by atomic mass is 9.96. The first-order valence-corrected chi connectivity index (χ1v) is 9.00. The molecule has 1 aromatic rings. The van der Waals surface area contributed by atoms with Gasteiger partial charge >= 0.3 is 16.1 Å². The minimum atomic E-state index is -3.86. The molecule has 0 aromatic heterocycles. The number of methoxy groups -OCH3 is 1. The number of oxime groups is 1. The molecule has 1 aliphatic rings. The summed E-state index contributed by atoms with van der Waals surface area (Å²) in [4.78, 5) is 11.3. The molecule has 8 nitrogen and oxygen atoms in total. The zero-order valence-electron chi connectivity index (χ0n) is 13.1. The van der Waals surface area contributed by atoms with Gasteiger partial charge in [0, 0.05) is 12.0 Å². The molecular formula is C14H14ClFN2O6S. The standard InChI is InChI=1S/C14H14ClFN2O6S/c1-23-13-9(15)4-3-8(12(13)16)10-5-7(18-24-25(2,21)22)6-11(17-10)14(19)20/h3-4,6,10,17H,5H2,1-2H3,(H,19,20)/b18-7-. The van der Waals surface area contributed by atoms with Crippen LogP contribution in [0.25, 0.3) is 0 Å². The van der Waals surface area contributed by atoms with Crippen molar-refractivity contribution in [3.05, 3.63) is 40.3 Å². The van der Waals surface area contributed by atoms with Crippen molar-refractivity contribution in [2.24, 2.45) is 5.16 Å². The van der Waals surface area contributed by atoms with Gasteiger partial charge in [0.05, 0.1) is 30.1 Å². The molecule has 1 atom stereocenters. The second-order valence-electron chi connectivity index (χ2n) is 5.11. The van der Waals surface area contributed by atoms with Crippen LogP contribution in [-0.2, 0) is 19.2 Å². The van der Waals surface area contributed by atoms with Crippen molar-refractivity contribution in [3.63, 3.8) is 0 Å². The minimum Gasteiger partial charge on any atom is -0.492 e. The highest BCUT2D eigenvalue weighted by Gasteiger charge is 2.28. The van der Waals surface area contributed by atoms with Crippen molar-refractivity contribution >= 4 is 33.4 Å². The van der Waals surface area contributed by atoms with Crippen LogP contribution in [0.3, 0.4) is 0 Å². The van der Waals surface area contributed by atoms with Gasteiger partial charge in [-0.3, -0.25) is 4.28 Å². The predicted octanol–water partition coefficient (Wildman–Crippen LogP) is 1.82. The van der Waals surface area contributed by atoms with E-state index in [9.17, 15) is 22.7 Å². The number of allylic oxidation sites excluding steroid dienone is 1. The third kappa shape index (κ3) is 4.60. The van der Waals surface area contributed by atoms with E-state index in [1.807, 2.05) is 0 Å². The Labute approximate surface area is 148 Å². The van der Waals surface area contributed by atoms with Crippen molar-refractivity contribution in [3.8, 4) is 5.75 Å². The third-order valence-electron chi connectivity index (χ3n) is 3.23. The van der Waals surface area contributed by atoms with Crippen LogP contribution in [0.5, 0.6) is 5.75 Å². The second kappa shape index (κ2) is 7.28. The molecule has 25 heavy (non-hydrogen) atoms. The van der Waals surface area contributed by atoms with Gasteiger partial charge < -0.3 is 15.2 Å². The number of benzene rings is 1. The number of hydrogen-bond donors (Lipinski definition) is 2. The molecular weight excluding hydrogens is 379 g/mol. The summed E-state index contributed by atoms with van der Waals surface area (Å²) in [6.45, 7) is 0. The average Bonchev–Trinajstić information content (AvgIpc) is 2.52. The quantitative estimate of drug-likeness (QED) is 0.734. The molecule has 0 spiro atoms. The SMILES string of the molecule is COc1c(Cl)ccc(C2C/C(=N/OS(C)(=O)=O)C=C(C(=O)O)N2)c1F. The number of carboxylic acid groups (broad SMARTS) is 1. The molecule has 0 amide bonds. The van der Waals surface area contributed by atoms with Crippen LogP contribution in [0.2, 0.25) is 5.02 Å². The first kappa shape index (κ1) is 19.0. The molecule has 0 bridgehead atoms. The van der Waals surface area contributed by atoms with Gasteiger partial charge in [0.2, 0.25) is 0 Å². The van der Waals surface area contributed by atoms with Gasteiger partial charge in [-0.05, 0) is 12.1 Å². The first-order chi connectivity index (χ1) is 11.6. The normalized spacial score (nSPS) is 19.1. The van der Waals surface area contributed by atoms with Crippen LogP contribution in [0, 0.1) is 5.82 Å². The fraction of sp³-hybridized carbons (Fsp3) is 0.286. The maximum atomic E-state index is 14.6. The monoisotopic (exact) mass is 392 g/mol. The minimum absolute atomic E-state index is 0.0138. The fourth-order valence-corrected chi connectivity index (χ4v) is 2.66. The van der Waals surface area contributed by atoms with Gasteiger partial charge in [-0.15, -0.1) is 0 Å². The van der Waals surface area contributed by atoms with E-state index >= 15 is 0 Å². The molecule has 136 valence electrons. The first-order valence-electron chi connectivity index (χ1n) is 6.81. The van der Waals surface area contributed by atoms with Crippen LogP contribution in [-0.4, -0.2) is 38.6 Å². The molecule has 11 heteroatoms. The van der Waals surface area contributed by atoms with E-state index in [1.54, 1.807) is 0 Å². The number of hydrogen-bond acceptors (Lipinski definition) is 7. The lowest BCUT2D eigenvalue weighted by Crippen LogP contribution is -2.32. The molecule has 0 fully saturated rings. The van der Waals surface area contributed by atoms with Crippen LogP contribution < -0.4 is 10.1 Å². The number of ether oxygens (including phenoxy) is 1. The molecule has 1 aromatic carbocycles. The van der Waals surface area contributed by atoms with E-state index in [4.69, 9.17) is 16.3 Å². The summed E-state index contributed by atoms with van der Waals surface area (Å²) in [5.41, 5.74) is -0.194. The van der Waals surface area contributed by atoms with Crippen molar-refractivity contribution in [2.75, 3.05) is 13.4 Å². The maximum Gasteiger partial charge on any atom is 0.352 e. The molecule has 1 aliphatic heterocycles. The largest absolute Gasteiger partial charge is 0.492 e. The Morgan fingerprint density at radius 2 is 2.16 bits per heavy atom. The molecule has 0 saturated heterocycles. The Bertz CT molecular complexity index is 868. The Hall–Kier alpha value is -2.33. The second-order valence-corrected chi connectivity index (χ2v) is 7.07. The Morgan fingerprint density at radius 3 is 2.72 bits per heavy atom. The van der Waals surface area contributed by atoms with E-state index in [0.29, 0.717) is 0 Å². The van der Waals surface area contributed by atoms with Crippen molar-refractivity contribution in [1.29, 1.82) is 0 Å². The summed E-state index contributed by atoms with van der Waals surface area (Å²) in [5, 5.41) is 15.3. The summed E-state index contributed by atoms with van der Waals surface area (Å²) in [7, 11) is -2.62. The van der Waals surface area contributed by atoms with Gasteiger partial charge in [0.1, 0.15) is 5.70 Å². The summed E-state index contributed by atoms with van der Waals surface area (Å²) in [6.07, 6.45) is 1.88. The Balaban J connectivity index is 2.43. The van der Waals surface area contributed by atoms with E-state index < -0.39 is 27.9 Å². The summed E-state index contributed by atoms with van der Waals surface area (Å²) < 4.78 is 45.9. The van der Waals surface area contributed by atoms with Crippen molar-refractivity contribution in [2.45, 2.75) is 12.5 Å². The van der Waals surface area contributed by atoms with E-state index in [0.717, 1.165) is 12.3 Å². The fourth-order valence-electron chi connectivity index (χ4n) is 2.21. The smallest absolute Gasteiger partial charge is 0.352 e. The van der Waals surface area contributed by atoms with Gasteiger partial charge in [-0.2, -0.15) is 8.42 Å². The number of rotatable bonds is 5. The van der Waals surface area contributed by atoms with Gasteiger partial charge in [-0.25, -0.2) is 9.18 Å². The molecule has 2 rings (SSSR count). The Kier molecular flexibility index (Phi) is 5.53. The van der Waals surface area contributed by atoms with Crippen molar-refractivity contribution < 1.29 is 31.7 Å². The number of halogens is 2. The number of aliphatic carboxylic acids is 1. The molecule has 1 heterocycles. The zero-order chi connectivity index (χ0) is 18.8. The average molecular weight is 393 g/mol. The maximum absolute atomic E-state index is 14.6. The van der Waals surface area contributed by atoms with E-state index in [-0.39, 0.29) is 34.2 Å². The molecule has 1 unspecified atom stereocenters. The third-order valence-corrected chi connectivity index (χ3v) is 3.88. The highest BCUT2D eigenvalue weighted by atomic mass is 35.5. The number of nitrogens with zero attached hydrogens (tertiary/aromatic N) is 1. The number of carbonyl (C=O) groups is 1. The lowest BCUT2D eigenvalue weighted by Gasteiger charge is -2.25. The Morgan fingerprint density at radius 1 is 1.48 bits per heavy atom. The highest BCUT2D eigenvalue weighted by Crippen LogP contribution is 2.34. The van der Waals surface area contributed by atoms with Crippen LogP contribution in [0.4, 0.5) is 4.39 Å². The van der Waals surface area contributed by atoms with Gasteiger partial charge in [-0.1, -0.05) is 22.8 Å². The van der Waals surface area contributed by atoms with E-state index in [2.05, 4.69) is 14.8 Å². The van der Waals surface area contributed by atoms with Crippen LogP contribution in [0.15, 0.2) is 29.1 Å². The van der Waals surface area contributed by atoms with E-state index in [1.165, 1.54) is 19.2 Å². The van der Waals surface area contributed by atoms with Gasteiger partial charge in [0.25, 0.3) is 0 Å². The summed E-state index contributed by atoms with van der Waals surface area (Å²) >= 11 is 5.85. The molecule has 0 saturated carbocycles. The lowest BCUT2D eigenvalue weighted by molar-refractivity contribution is -0.133. The molecule has 0 aliphatic carbocycles. The van der Waals surface area contributed by atoms with Crippen LogP contribution >= 0.6 is 11.6 Å². The summed E-state index contributed by atoms with van der Waals surface area (Å²) in [5.74, 6) is -2.26. The topological polar surface area (TPSA) is 114 Å². The molecule has 2 N–H and O–H groups in total. The highest BCUT2D eigenvalue weighted by molar-refractivity contribution is 7.85. The van der Waals surface area contributed by atoms with Crippen LogP contribution in [0.1, 0.15) is 18.0 Å². The van der Waals surface area contributed by atoms with Gasteiger partial charge in [0.15, 0.2) is 11.6 Å². The number of nitrogens with one attached hydrogen (secondary N) is 1. The van der Waals surface area contributed by atoms with Crippen molar-refractivity contribution in [1.82, 2.24) is 5.32 Å². The zero-order valence-corrected chi connectivity index (χ0v) is 14.7.